The van der Waals surface area contributed by atoms with Crippen molar-refractivity contribution in [2.45, 2.75) is 25.8 Å². The van der Waals surface area contributed by atoms with Crippen LogP contribution < -0.4 is 5.32 Å². The first-order chi connectivity index (χ1) is 9.06. The summed E-state index contributed by atoms with van der Waals surface area (Å²) in [6.07, 6.45) is 3.01. The zero-order valence-electron chi connectivity index (χ0n) is 10.6. The Morgan fingerprint density at radius 1 is 1.47 bits per heavy atom. The van der Waals surface area contributed by atoms with Gasteiger partial charge in [0, 0.05) is 36.3 Å². The van der Waals surface area contributed by atoms with Crippen LogP contribution >= 0.6 is 11.6 Å². The normalized spacial score (nSPS) is 16.3. The minimum atomic E-state index is -0.395. The lowest BCUT2D eigenvalue weighted by Crippen LogP contribution is -2.24. The summed E-state index contributed by atoms with van der Waals surface area (Å²) >= 11 is 5.87. The van der Waals surface area contributed by atoms with E-state index in [0.29, 0.717) is 17.1 Å². The smallest absolute Gasteiger partial charge is 0.273 e. The zero-order chi connectivity index (χ0) is 13.9. The minimum Gasteiger partial charge on any atom is -0.396 e. The van der Waals surface area contributed by atoms with Gasteiger partial charge in [0.15, 0.2) is 0 Å². The van der Waals surface area contributed by atoms with Gasteiger partial charge in [-0.1, -0.05) is 11.6 Å². The van der Waals surface area contributed by atoms with Crippen molar-refractivity contribution in [2.75, 3.05) is 13.2 Å². The summed E-state index contributed by atoms with van der Waals surface area (Å²) < 4.78 is 0. The Balaban J connectivity index is 1.95. The van der Waals surface area contributed by atoms with E-state index in [1.165, 1.54) is 12.1 Å². The second-order valence-electron chi connectivity index (χ2n) is 5.11. The summed E-state index contributed by atoms with van der Waals surface area (Å²) in [5.74, 6) is 0. The van der Waals surface area contributed by atoms with Crippen molar-refractivity contribution in [1.29, 1.82) is 0 Å². The average molecular weight is 285 g/mol. The van der Waals surface area contributed by atoms with Crippen molar-refractivity contribution in [1.82, 2.24) is 5.32 Å². The Morgan fingerprint density at radius 2 is 2.21 bits per heavy atom. The highest BCUT2D eigenvalue weighted by atomic mass is 35.5. The molecule has 0 heterocycles. The fraction of sp³-hybridized carbons (Fsp3) is 0.538. The van der Waals surface area contributed by atoms with E-state index in [2.05, 4.69) is 5.32 Å². The molecule has 0 aliphatic heterocycles. The van der Waals surface area contributed by atoms with Crippen molar-refractivity contribution in [3.63, 3.8) is 0 Å². The number of halogens is 1. The number of hydrogen-bond donors (Lipinski definition) is 2. The van der Waals surface area contributed by atoms with Gasteiger partial charge in [0.25, 0.3) is 5.69 Å². The van der Waals surface area contributed by atoms with Crippen molar-refractivity contribution in [2.24, 2.45) is 5.41 Å². The number of nitrogens with zero attached hydrogens (tertiary/aromatic N) is 1. The van der Waals surface area contributed by atoms with E-state index in [1.807, 2.05) is 0 Å². The van der Waals surface area contributed by atoms with Gasteiger partial charge >= 0.3 is 0 Å². The molecule has 19 heavy (non-hydrogen) atoms. The summed E-state index contributed by atoms with van der Waals surface area (Å²) in [7, 11) is 0. The molecule has 0 atom stereocenters. The van der Waals surface area contributed by atoms with Gasteiger partial charge in [-0.25, -0.2) is 0 Å². The van der Waals surface area contributed by atoms with E-state index in [9.17, 15) is 10.1 Å². The third-order valence-electron chi connectivity index (χ3n) is 3.65. The third kappa shape index (κ3) is 3.65. The number of aliphatic hydroxyl groups excluding tert-OH is 1. The lowest BCUT2D eigenvalue weighted by atomic mass is 10.0. The van der Waals surface area contributed by atoms with E-state index >= 15 is 0 Å². The molecule has 1 aliphatic carbocycles. The molecule has 1 aromatic carbocycles. The number of benzene rings is 1. The molecular weight excluding hydrogens is 268 g/mol. The fourth-order valence-electron chi connectivity index (χ4n) is 2.27. The van der Waals surface area contributed by atoms with Crippen molar-refractivity contribution in [3.05, 3.63) is 38.9 Å². The van der Waals surface area contributed by atoms with Crippen LogP contribution in [0.2, 0.25) is 5.02 Å². The van der Waals surface area contributed by atoms with Crippen molar-refractivity contribution >= 4 is 17.3 Å². The molecular formula is C13H17ClN2O3. The van der Waals surface area contributed by atoms with Crippen molar-refractivity contribution in [3.8, 4) is 0 Å². The van der Waals surface area contributed by atoms with Gasteiger partial charge in [-0.15, -0.1) is 0 Å². The van der Waals surface area contributed by atoms with Gasteiger partial charge in [-0.3, -0.25) is 10.1 Å². The number of nitro benzene ring substituents is 1. The predicted molar refractivity (Wildman–Crippen MR) is 73.2 cm³/mol. The Morgan fingerprint density at radius 3 is 2.79 bits per heavy atom. The maximum Gasteiger partial charge on any atom is 0.273 e. The molecule has 0 saturated heterocycles. The van der Waals surface area contributed by atoms with Gasteiger partial charge < -0.3 is 10.4 Å². The molecule has 1 aromatic rings. The Bertz CT molecular complexity index is 475. The number of nitro groups is 1. The van der Waals surface area contributed by atoms with Gasteiger partial charge in [0.1, 0.15) is 0 Å². The Hall–Kier alpha value is -1.17. The van der Waals surface area contributed by atoms with E-state index in [0.717, 1.165) is 25.8 Å². The molecule has 0 aromatic heterocycles. The van der Waals surface area contributed by atoms with Gasteiger partial charge in [0.05, 0.1) is 4.92 Å². The average Bonchev–Trinajstić information content (AvgIpc) is 3.09. The van der Waals surface area contributed by atoms with Gasteiger partial charge in [-0.05, 0) is 36.8 Å². The van der Waals surface area contributed by atoms with Crippen LogP contribution in [-0.2, 0) is 6.54 Å². The standard InChI is InChI=1S/C13H17ClN2O3/c14-11-1-2-12(16(18)19)10(7-11)8-15-9-13(3-4-13)5-6-17/h1-2,7,15,17H,3-6,8-9H2. The summed E-state index contributed by atoms with van der Waals surface area (Å²) in [6.45, 7) is 1.39. The van der Waals surface area contributed by atoms with Gasteiger partial charge in [0.2, 0.25) is 0 Å². The topological polar surface area (TPSA) is 75.4 Å². The van der Waals surface area contributed by atoms with E-state index in [-0.39, 0.29) is 17.7 Å². The van der Waals surface area contributed by atoms with Crippen LogP contribution in [0, 0.1) is 15.5 Å². The summed E-state index contributed by atoms with van der Waals surface area (Å²) in [4.78, 5) is 10.5. The quantitative estimate of drug-likeness (QED) is 0.596. The first-order valence-electron chi connectivity index (χ1n) is 6.31. The molecule has 0 bridgehead atoms. The molecule has 104 valence electrons. The van der Waals surface area contributed by atoms with Crippen molar-refractivity contribution < 1.29 is 10.0 Å². The highest BCUT2D eigenvalue weighted by molar-refractivity contribution is 6.30. The van der Waals surface area contributed by atoms with E-state index in [4.69, 9.17) is 16.7 Å². The molecule has 6 heteroatoms. The molecule has 0 unspecified atom stereocenters. The largest absolute Gasteiger partial charge is 0.396 e. The van der Waals surface area contributed by atoms with Crippen LogP contribution in [0.25, 0.3) is 0 Å². The Labute approximate surface area is 116 Å². The first kappa shape index (κ1) is 14.2. The molecule has 1 aliphatic rings. The molecule has 2 N–H and O–H groups in total. The summed E-state index contributed by atoms with van der Waals surface area (Å²) in [5.41, 5.74) is 0.878. The molecule has 2 rings (SSSR count). The second-order valence-corrected chi connectivity index (χ2v) is 5.54. The first-order valence-corrected chi connectivity index (χ1v) is 6.68. The van der Waals surface area contributed by atoms with Crippen LogP contribution in [0.1, 0.15) is 24.8 Å². The maximum atomic E-state index is 10.9. The monoisotopic (exact) mass is 284 g/mol. The van der Waals surface area contributed by atoms with E-state index < -0.39 is 4.92 Å². The molecule has 1 fully saturated rings. The van der Waals surface area contributed by atoms with Crippen LogP contribution in [0.5, 0.6) is 0 Å². The van der Waals surface area contributed by atoms with Gasteiger partial charge in [-0.2, -0.15) is 0 Å². The van der Waals surface area contributed by atoms with Crippen LogP contribution in [0.15, 0.2) is 18.2 Å². The second kappa shape index (κ2) is 5.86. The predicted octanol–water partition coefficient (Wildman–Crippen LogP) is 2.50. The zero-order valence-corrected chi connectivity index (χ0v) is 11.3. The van der Waals surface area contributed by atoms with Crippen LogP contribution in [-0.4, -0.2) is 23.2 Å². The van der Waals surface area contributed by atoms with E-state index in [1.54, 1.807) is 6.07 Å². The van der Waals surface area contributed by atoms with Crippen LogP contribution in [0.3, 0.4) is 0 Å². The molecule has 0 spiro atoms. The lowest BCUT2D eigenvalue weighted by molar-refractivity contribution is -0.385. The fourth-order valence-corrected chi connectivity index (χ4v) is 2.46. The molecule has 5 nitrogen and oxygen atoms in total. The lowest BCUT2D eigenvalue weighted by Gasteiger charge is -2.14. The number of hydrogen-bond acceptors (Lipinski definition) is 4. The highest BCUT2D eigenvalue weighted by Gasteiger charge is 2.41. The molecule has 1 saturated carbocycles. The number of rotatable bonds is 7. The number of nitrogens with one attached hydrogen (secondary N) is 1. The maximum absolute atomic E-state index is 10.9. The highest BCUT2D eigenvalue weighted by Crippen LogP contribution is 2.47. The SMILES string of the molecule is O=[N+]([O-])c1ccc(Cl)cc1CNCC1(CCO)CC1. The molecule has 0 amide bonds. The molecule has 0 radical (unpaired) electrons. The number of aliphatic hydroxyl groups is 1. The summed E-state index contributed by atoms with van der Waals surface area (Å²) in [6, 6.07) is 4.58. The van der Waals surface area contributed by atoms with Crippen LogP contribution in [0.4, 0.5) is 5.69 Å². The minimum absolute atomic E-state index is 0.0869. The third-order valence-corrected chi connectivity index (χ3v) is 3.89. The Kier molecular flexibility index (Phi) is 4.39. The summed E-state index contributed by atoms with van der Waals surface area (Å²) in [5, 5.41) is 23.6.